The Morgan fingerprint density at radius 1 is 1.29 bits per heavy atom. The number of aliphatic imine (C=N–C) groups is 1. The fraction of sp³-hybridized carbons (Fsp3) is 0.533. The minimum absolute atomic E-state index is 0.0137. The third kappa shape index (κ3) is 3.74. The summed E-state index contributed by atoms with van der Waals surface area (Å²) in [6, 6.07) is 3.97. The van der Waals surface area contributed by atoms with Crippen LogP contribution in [0.3, 0.4) is 0 Å². The van der Waals surface area contributed by atoms with Gasteiger partial charge in [0.2, 0.25) is 0 Å². The molecule has 0 saturated heterocycles. The van der Waals surface area contributed by atoms with Crippen molar-refractivity contribution in [3.63, 3.8) is 0 Å². The molecule has 0 amide bonds. The number of phenolic OH excluding ortho intramolecular Hbond substituents is 1. The lowest BCUT2D eigenvalue weighted by Gasteiger charge is -2.30. The van der Waals surface area contributed by atoms with E-state index in [0.717, 1.165) is 0 Å². The Morgan fingerprint density at radius 2 is 2.00 bits per heavy atom. The number of benzene rings is 1. The Hall–Kier alpha value is -1.59. The highest BCUT2D eigenvalue weighted by Gasteiger charge is 2.44. The van der Waals surface area contributed by atoms with Gasteiger partial charge >= 0.3 is 6.18 Å². The van der Waals surface area contributed by atoms with Gasteiger partial charge in [-0.05, 0) is 37.8 Å². The third-order valence-corrected chi connectivity index (χ3v) is 3.87. The zero-order valence-electron chi connectivity index (χ0n) is 11.6. The molecule has 0 aliphatic heterocycles. The second-order valence-electron chi connectivity index (χ2n) is 5.43. The number of aromatic hydroxyl groups is 1. The van der Waals surface area contributed by atoms with E-state index in [-0.39, 0.29) is 25.0 Å². The Bertz CT molecular complexity index is 527. The van der Waals surface area contributed by atoms with Crippen molar-refractivity contribution in [2.24, 2.45) is 10.9 Å². The van der Waals surface area contributed by atoms with E-state index < -0.39 is 24.3 Å². The first-order chi connectivity index (χ1) is 9.79. The van der Waals surface area contributed by atoms with Crippen molar-refractivity contribution in [3.05, 3.63) is 29.3 Å². The first-order valence-corrected chi connectivity index (χ1v) is 6.81. The molecule has 1 aromatic rings. The Kier molecular flexibility index (Phi) is 4.54. The topological polar surface area (TPSA) is 32.6 Å². The number of phenols is 1. The number of halogens is 4. The van der Waals surface area contributed by atoms with Crippen molar-refractivity contribution in [1.82, 2.24) is 0 Å². The molecule has 116 valence electrons. The number of rotatable bonds is 2. The first-order valence-electron chi connectivity index (χ1n) is 6.81. The predicted molar refractivity (Wildman–Crippen MR) is 72.5 cm³/mol. The van der Waals surface area contributed by atoms with Crippen LogP contribution in [-0.2, 0) is 0 Å². The van der Waals surface area contributed by atoms with Gasteiger partial charge in [0, 0.05) is 11.8 Å². The molecule has 0 bridgehead atoms. The average Bonchev–Trinajstić information content (AvgIpc) is 2.40. The molecule has 1 saturated carbocycles. The number of para-hydroxylation sites is 1. The largest absolute Gasteiger partial charge is 0.507 e. The van der Waals surface area contributed by atoms with Crippen LogP contribution in [0.1, 0.15) is 30.4 Å². The molecule has 0 spiro atoms. The van der Waals surface area contributed by atoms with E-state index >= 15 is 0 Å². The van der Waals surface area contributed by atoms with Crippen LogP contribution >= 0.6 is 0 Å². The molecule has 2 nitrogen and oxygen atoms in total. The van der Waals surface area contributed by atoms with E-state index in [1.165, 1.54) is 6.21 Å². The number of hydrogen-bond acceptors (Lipinski definition) is 2. The minimum Gasteiger partial charge on any atom is -0.507 e. The molecule has 1 aromatic carbocycles. The Morgan fingerprint density at radius 3 is 2.67 bits per heavy atom. The molecule has 21 heavy (non-hydrogen) atoms. The predicted octanol–water partition coefficient (Wildman–Crippen LogP) is 4.19. The first kappa shape index (κ1) is 15.8. The van der Waals surface area contributed by atoms with Gasteiger partial charge < -0.3 is 5.11 Å². The lowest BCUT2D eigenvalue weighted by molar-refractivity contribution is -0.185. The normalized spacial score (nSPS) is 27.2. The van der Waals surface area contributed by atoms with Crippen LogP contribution in [0.15, 0.2) is 23.2 Å². The molecular weight excluding hydrogens is 286 g/mol. The van der Waals surface area contributed by atoms with E-state index in [1.54, 1.807) is 25.1 Å². The summed E-state index contributed by atoms with van der Waals surface area (Å²) in [4.78, 5) is 3.94. The van der Waals surface area contributed by atoms with Gasteiger partial charge in [0.05, 0.1) is 12.0 Å². The van der Waals surface area contributed by atoms with E-state index in [9.17, 15) is 22.7 Å². The molecular formula is C15H17F4NO. The molecule has 0 radical (unpaired) electrons. The molecule has 1 aliphatic rings. The van der Waals surface area contributed by atoms with Gasteiger partial charge in [0.25, 0.3) is 0 Å². The van der Waals surface area contributed by atoms with Crippen molar-refractivity contribution in [3.8, 4) is 5.75 Å². The smallest absolute Gasteiger partial charge is 0.391 e. The molecule has 1 N–H and O–H groups in total. The second kappa shape index (κ2) is 6.03. The van der Waals surface area contributed by atoms with Crippen LogP contribution in [-0.4, -0.2) is 29.7 Å². The van der Waals surface area contributed by atoms with Gasteiger partial charge in [-0.25, -0.2) is 4.39 Å². The molecule has 1 fully saturated rings. The van der Waals surface area contributed by atoms with Crippen molar-refractivity contribution < 1.29 is 22.7 Å². The fourth-order valence-corrected chi connectivity index (χ4v) is 2.52. The summed E-state index contributed by atoms with van der Waals surface area (Å²) >= 11 is 0. The quantitative estimate of drug-likeness (QED) is 0.645. The van der Waals surface area contributed by atoms with Crippen LogP contribution in [0.4, 0.5) is 17.6 Å². The molecule has 0 aromatic heterocycles. The van der Waals surface area contributed by atoms with Gasteiger partial charge in [-0.15, -0.1) is 0 Å². The Labute approximate surface area is 120 Å². The van der Waals surface area contributed by atoms with E-state index in [1.807, 2.05) is 0 Å². The van der Waals surface area contributed by atoms with E-state index in [2.05, 4.69) is 4.99 Å². The van der Waals surface area contributed by atoms with Crippen LogP contribution in [0.2, 0.25) is 0 Å². The highest BCUT2D eigenvalue weighted by Crippen LogP contribution is 2.39. The molecule has 2 rings (SSSR count). The van der Waals surface area contributed by atoms with Gasteiger partial charge in [-0.1, -0.05) is 12.1 Å². The van der Waals surface area contributed by atoms with Crippen molar-refractivity contribution in [2.75, 3.05) is 0 Å². The summed E-state index contributed by atoms with van der Waals surface area (Å²) in [6.45, 7) is 1.70. The minimum atomic E-state index is -4.31. The van der Waals surface area contributed by atoms with Crippen molar-refractivity contribution in [1.29, 1.82) is 0 Å². The summed E-state index contributed by atoms with van der Waals surface area (Å²) in [5.41, 5.74) is 1.02. The SMILES string of the molecule is Cc1cccc(C=NC2CC(C(F)(F)F)CCC2F)c1O. The van der Waals surface area contributed by atoms with Gasteiger partial charge in [-0.2, -0.15) is 13.2 Å². The summed E-state index contributed by atoms with van der Waals surface area (Å²) < 4.78 is 51.9. The average molecular weight is 303 g/mol. The van der Waals surface area contributed by atoms with Crippen molar-refractivity contribution in [2.45, 2.75) is 44.6 Å². The van der Waals surface area contributed by atoms with Gasteiger partial charge in [-0.3, -0.25) is 4.99 Å². The molecule has 0 heterocycles. The molecule has 1 aliphatic carbocycles. The molecule has 3 unspecified atom stereocenters. The maximum absolute atomic E-state index is 13.7. The van der Waals surface area contributed by atoms with Crippen LogP contribution < -0.4 is 0 Å². The third-order valence-electron chi connectivity index (χ3n) is 3.87. The second-order valence-corrected chi connectivity index (χ2v) is 5.43. The zero-order chi connectivity index (χ0) is 15.6. The van der Waals surface area contributed by atoms with Crippen LogP contribution in [0.5, 0.6) is 5.75 Å². The van der Waals surface area contributed by atoms with E-state index in [4.69, 9.17) is 0 Å². The summed E-state index contributed by atoms with van der Waals surface area (Å²) in [5, 5.41) is 9.81. The van der Waals surface area contributed by atoms with Crippen LogP contribution in [0, 0.1) is 12.8 Å². The molecule has 6 heteroatoms. The van der Waals surface area contributed by atoms with Crippen molar-refractivity contribution >= 4 is 6.21 Å². The number of nitrogens with zero attached hydrogens (tertiary/aromatic N) is 1. The fourth-order valence-electron chi connectivity index (χ4n) is 2.52. The van der Waals surface area contributed by atoms with Gasteiger partial charge in [0.1, 0.15) is 11.9 Å². The summed E-state index contributed by atoms with van der Waals surface area (Å²) in [7, 11) is 0. The number of hydrogen-bond donors (Lipinski definition) is 1. The maximum atomic E-state index is 13.7. The molecule has 3 atom stereocenters. The zero-order valence-corrected chi connectivity index (χ0v) is 11.6. The standard InChI is InChI=1S/C15H17F4NO/c1-9-3-2-4-10(14(9)21)8-20-13-7-11(15(17,18)19)5-6-12(13)16/h2-4,8,11-13,21H,5-7H2,1H3. The van der Waals surface area contributed by atoms with E-state index in [0.29, 0.717) is 11.1 Å². The Balaban J connectivity index is 2.13. The highest BCUT2D eigenvalue weighted by molar-refractivity contribution is 5.84. The number of alkyl halides is 4. The lowest BCUT2D eigenvalue weighted by Crippen LogP contribution is -2.36. The number of aryl methyl sites for hydroxylation is 1. The maximum Gasteiger partial charge on any atom is 0.391 e. The lowest BCUT2D eigenvalue weighted by atomic mass is 9.84. The van der Waals surface area contributed by atoms with Gasteiger partial charge in [0.15, 0.2) is 0 Å². The summed E-state index contributed by atoms with van der Waals surface area (Å²) in [5.74, 6) is -1.49. The van der Waals surface area contributed by atoms with Crippen LogP contribution in [0.25, 0.3) is 0 Å². The summed E-state index contributed by atoms with van der Waals surface area (Å²) in [6.07, 6.45) is -5.07. The monoisotopic (exact) mass is 303 g/mol. The highest BCUT2D eigenvalue weighted by atomic mass is 19.4.